The van der Waals surface area contributed by atoms with Crippen LogP contribution in [0.25, 0.3) is 0 Å². The largest absolute Gasteiger partial charge is 0.298 e. The first-order valence-corrected chi connectivity index (χ1v) is 10.4. The summed E-state index contributed by atoms with van der Waals surface area (Å²) in [5.74, 6) is 0.783. The molecule has 5 nitrogen and oxygen atoms in total. The molecule has 27 heavy (non-hydrogen) atoms. The normalized spacial score (nSPS) is 19.0. The number of hydrogen-bond donors (Lipinski definition) is 0. The summed E-state index contributed by atoms with van der Waals surface area (Å²) in [7, 11) is 0. The Bertz CT molecular complexity index is 837. The maximum absolute atomic E-state index is 13.2. The van der Waals surface area contributed by atoms with Gasteiger partial charge in [-0.25, -0.2) is 4.98 Å². The quantitative estimate of drug-likeness (QED) is 0.763. The second-order valence-corrected chi connectivity index (χ2v) is 7.84. The number of para-hydroxylation sites is 1. The van der Waals surface area contributed by atoms with E-state index in [2.05, 4.69) is 34.1 Å². The number of nitrogens with zero attached hydrogens (tertiary/aromatic N) is 4. The molecule has 1 aromatic heterocycles. The van der Waals surface area contributed by atoms with Crippen LogP contribution in [0.3, 0.4) is 0 Å². The lowest BCUT2D eigenvalue weighted by Gasteiger charge is -2.42. The molecule has 0 amide bonds. The van der Waals surface area contributed by atoms with Gasteiger partial charge in [-0.1, -0.05) is 50.8 Å². The Morgan fingerprint density at radius 3 is 2.41 bits per heavy atom. The SMILES string of the molecule is CCc1c(C)nc2n(c1=O)CN(C1CCCCCC1)CN2c1ccccc1. The Morgan fingerprint density at radius 1 is 1.04 bits per heavy atom. The molecule has 2 aliphatic rings. The Balaban J connectivity index is 1.78. The minimum Gasteiger partial charge on any atom is -0.298 e. The maximum atomic E-state index is 13.2. The molecule has 1 saturated carbocycles. The number of benzene rings is 1. The van der Waals surface area contributed by atoms with Crippen molar-refractivity contribution >= 4 is 11.6 Å². The summed E-state index contributed by atoms with van der Waals surface area (Å²) in [6, 6.07) is 10.9. The van der Waals surface area contributed by atoms with Gasteiger partial charge in [-0.05, 0) is 38.3 Å². The fraction of sp³-hybridized carbons (Fsp3) is 0.545. The van der Waals surface area contributed by atoms with E-state index >= 15 is 0 Å². The Kier molecular flexibility index (Phi) is 5.30. The van der Waals surface area contributed by atoms with Crippen molar-refractivity contribution in [3.63, 3.8) is 0 Å². The number of fused-ring (bicyclic) bond motifs is 1. The van der Waals surface area contributed by atoms with E-state index in [9.17, 15) is 4.79 Å². The average molecular weight is 367 g/mol. The van der Waals surface area contributed by atoms with Crippen LogP contribution in [-0.4, -0.2) is 27.2 Å². The Labute approximate surface area is 161 Å². The van der Waals surface area contributed by atoms with Crippen LogP contribution in [0, 0.1) is 6.92 Å². The summed E-state index contributed by atoms with van der Waals surface area (Å²) in [6.45, 7) is 5.45. The minimum absolute atomic E-state index is 0.124. The zero-order valence-corrected chi connectivity index (χ0v) is 16.5. The molecule has 2 aromatic rings. The van der Waals surface area contributed by atoms with E-state index in [1.165, 1.54) is 38.5 Å². The third-order valence-corrected chi connectivity index (χ3v) is 6.10. The van der Waals surface area contributed by atoms with E-state index in [4.69, 9.17) is 4.98 Å². The minimum atomic E-state index is 0.124. The first-order valence-electron chi connectivity index (χ1n) is 10.4. The van der Waals surface area contributed by atoms with Crippen LogP contribution in [-0.2, 0) is 13.1 Å². The van der Waals surface area contributed by atoms with Gasteiger partial charge >= 0.3 is 0 Å². The van der Waals surface area contributed by atoms with Crippen LogP contribution in [0.5, 0.6) is 0 Å². The Hall–Kier alpha value is -2.14. The van der Waals surface area contributed by atoms with Gasteiger partial charge in [0.05, 0.1) is 13.3 Å². The fourth-order valence-electron chi connectivity index (χ4n) is 4.56. The van der Waals surface area contributed by atoms with E-state index in [-0.39, 0.29) is 5.56 Å². The molecule has 0 unspecified atom stereocenters. The highest BCUT2D eigenvalue weighted by Gasteiger charge is 2.31. The molecule has 0 bridgehead atoms. The summed E-state index contributed by atoms with van der Waals surface area (Å²) in [5, 5.41) is 0. The average Bonchev–Trinajstić information content (AvgIpc) is 2.98. The first-order chi connectivity index (χ1) is 13.2. The number of aryl methyl sites for hydroxylation is 1. The van der Waals surface area contributed by atoms with Gasteiger partial charge in [0, 0.05) is 23.0 Å². The van der Waals surface area contributed by atoms with Crippen molar-refractivity contribution in [2.24, 2.45) is 0 Å². The standard InChI is InChI=1S/C22H30N4O/c1-3-20-17(2)23-22-25(19-13-9-6-10-14-19)15-24(16-26(22)21(20)27)18-11-7-4-5-8-12-18/h6,9-10,13-14,18H,3-5,7-8,11-12,15-16H2,1-2H3. The van der Waals surface area contributed by atoms with Crippen LogP contribution in [0.1, 0.15) is 56.7 Å². The van der Waals surface area contributed by atoms with Gasteiger partial charge < -0.3 is 0 Å². The lowest BCUT2D eigenvalue weighted by Crippen LogP contribution is -2.51. The van der Waals surface area contributed by atoms with Crippen molar-refractivity contribution < 1.29 is 0 Å². The highest BCUT2D eigenvalue weighted by Crippen LogP contribution is 2.31. The monoisotopic (exact) mass is 366 g/mol. The zero-order chi connectivity index (χ0) is 18.8. The zero-order valence-electron chi connectivity index (χ0n) is 16.5. The number of aromatic nitrogens is 2. The molecule has 0 atom stereocenters. The summed E-state index contributed by atoms with van der Waals surface area (Å²) >= 11 is 0. The summed E-state index contributed by atoms with van der Waals surface area (Å²) in [4.78, 5) is 22.8. The smallest absolute Gasteiger partial charge is 0.259 e. The van der Waals surface area contributed by atoms with Gasteiger partial charge in [-0.2, -0.15) is 0 Å². The van der Waals surface area contributed by atoms with Gasteiger partial charge in [0.25, 0.3) is 5.56 Å². The predicted octanol–water partition coefficient (Wildman–Crippen LogP) is 4.21. The van der Waals surface area contributed by atoms with Crippen LogP contribution in [0.2, 0.25) is 0 Å². The van der Waals surface area contributed by atoms with Gasteiger partial charge in [0.15, 0.2) is 0 Å². The topological polar surface area (TPSA) is 41.4 Å². The van der Waals surface area contributed by atoms with Crippen molar-refractivity contribution in [3.8, 4) is 0 Å². The highest BCUT2D eigenvalue weighted by molar-refractivity contribution is 5.58. The van der Waals surface area contributed by atoms with Crippen LogP contribution in [0.15, 0.2) is 35.1 Å². The molecule has 1 aromatic carbocycles. The van der Waals surface area contributed by atoms with Crippen molar-refractivity contribution in [1.82, 2.24) is 14.5 Å². The van der Waals surface area contributed by atoms with Gasteiger partial charge in [0.1, 0.15) is 0 Å². The molecular formula is C22H30N4O. The van der Waals surface area contributed by atoms with E-state index in [1.54, 1.807) is 0 Å². The number of rotatable bonds is 3. The fourth-order valence-corrected chi connectivity index (χ4v) is 4.56. The van der Waals surface area contributed by atoms with Gasteiger partial charge in [0.2, 0.25) is 5.95 Å². The Morgan fingerprint density at radius 2 is 1.74 bits per heavy atom. The van der Waals surface area contributed by atoms with Crippen molar-refractivity contribution in [2.45, 2.75) is 71.5 Å². The second kappa shape index (κ2) is 7.85. The predicted molar refractivity (Wildman–Crippen MR) is 109 cm³/mol. The summed E-state index contributed by atoms with van der Waals surface area (Å²) < 4.78 is 1.90. The third-order valence-electron chi connectivity index (χ3n) is 6.10. The second-order valence-electron chi connectivity index (χ2n) is 7.84. The van der Waals surface area contributed by atoms with E-state index in [1.807, 2.05) is 24.5 Å². The molecule has 1 aliphatic carbocycles. The van der Waals surface area contributed by atoms with E-state index in [0.29, 0.717) is 12.7 Å². The van der Waals surface area contributed by atoms with Gasteiger partial charge in [-0.15, -0.1) is 0 Å². The van der Waals surface area contributed by atoms with Crippen LogP contribution < -0.4 is 10.5 Å². The molecular weight excluding hydrogens is 336 g/mol. The van der Waals surface area contributed by atoms with Crippen LogP contribution in [0.4, 0.5) is 11.6 Å². The molecule has 5 heteroatoms. The van der Waals surface area contributed by atoms with Crippen molar-refractivity contribution in [1.29, 1.82) is 0 Å². The molecule has 2 heterocycles. The van der Waals surface area contributed by atoms with Gasteiger partial charge in [-0.3, -0.25) is 19.2 Å². The molecule has 0 saturated heterocycles. The summed E-state index contributed by atoms with van der Waals surface area (Å²) in [6.07, 6.45) is 8.45. The molecule has 1 fully saturated rings. The lowest BCUT2D eigenvalue weighted by molar-refractivity contribution is 0.123. The third kappa shape index (κ3) is 3.53. The lowest BCUT2D eigenvalue weighted by atomic mass is 10.1. The van der Waals surface area contributed by atoms with Crippen LogP contribution >= 0.6 is 0 Å². The number of hydrogen-bond acceptors (Lipinski definition) is 4. The van der Waals surface area contributed by atoms with E-state index in [0.717, 1.165) is 36.0 Å². The molecule has 0 radical (unpaired) electrons. The van der Waals surface area contributed by atoms with Crippen molar-refractivity contribution in [2.75, 3.05) is 11.6 Å². The first kappa shape index (κ1) is 18.2. The molecule has 144 valence electrons. The van der Waals surface area contributed by atoms with E-state index < -0.39 is 0 Å². The molecule has 0 N–H and O–H groups in total. The molecule has 4 rings (SSSR count). The highest BCUT2D eigenvalue weighted by atomic mass is 16.1. The molecule has 0 spiro atoms. The molecule has 1 aliphatic heterocycles. The van der Waals surface area contributed by atoms with Crippen molar-refractivity contribution in [3.05, 3.63) is 51.9 Å². The maximum Gasteiger partial charge on any atom is 0.259 e. The number of anilines is 2. The summed E-state index contributed by atoms with van der Waals surface area (Å²) in [5.41, 5.74) is 2.92.